The molecule has 3 aromatic rings. The average Bonchev–Trinajstić information content (AvgIpc) is 3.22. The number of carbonyl (C=O) groups is 1. The third-order valence-electron chi connectivity index (χ3n) is 4.87. The number of likely N-dealkylation sites (tertiary alicyclic amines) is 1. The van der Waals surface area contributed by atoms with Gasteiger partial charge in [-0.25, -0.2) is 9.97 Å². The summed E-state index contributed by atoms with van der Waals surface area (Å²) in [7, 11) is 0. The molecule has 128 valence electrons. The molecule has 1 fully saturated rings. The highest BCUT2D eigenvalue weighted by molar-refractivity contribution is 5.88. The van der Waals surface area contributed by atoms with E-state index in [0.717, 1.165) is 53.0 Å². The smallest absolute Gasteiger partial charge is 0.227 e. The lowest BCUT2D eigenvalue weighted by molar-refractivity contribution is -0.131. The SMILES string of the molecule is Cc1ccc2c(CC(=O)N3CCC[C@H]3c3ccnc(C)n3)coc2c1. The molecule has 0 unspecified atom stereocenters. The van der Waals surface area contributed by atoms with Gasteiger partial charge in [-0.2, -0.15) is 0 Å². The monoisotopic (exact) mass is 335 g/mol. The summed E-state index contributed by atoms with van der Waals surface area (Å²) in [5, 5.41) is 1.02. The minimum absolute atomic E-state index is 0.0506. The van der Waals surface area contributed by atoms with E-state index in [4.69, 9.17) is 4.42 Å². The molecule has 0 aliphatic carbocycles. The third-order valence-corrected chi connectivity index (χ3v) is 4.87. The van der Waals surface area contributed by atoms with Gasteiger partial charge in [0.2, 0.25) is 5.91 Å². The number of fused-ring (bicyclic) bond motifs is 1. The quantitative estimate of drug-likeness (QED) is 0.731. The Labute approximate surface area is 146 Å². The van der Waals surface area contributed by atoms with Gasteiger partial charge in [-0.3, -0.25) is 4.79 Å². The molecule has 1 atom stereocenters. The number of furan rings is 1. The maximum Gasteiger partial charge on any atom is 0.227 e. The summed E-state index contributed by atoms with van der Waals surface area (Å²) >= 11 is 0. The molecule has 1 aliphatic heterocycles. The number of nitrogens with zero attached hydrogens (tertiary/aromatic N) is 3. The summed E-state index contributed by atoms with van der Waals surface area (Å²) in [5.41, 5.74) is 3.88. The van der Waals surface area contributed by atoms with E-state index in [0.29, 0.717) is 6.42 Å². The van der Waals surface area contributed by atoms with Crippen molar-refractivity contribution >= 4 is 16.9 Å². The van der Waals surface area contributed by atoms with E-state index in [1.807, 2.05) is 43.0 Å². The van der Waals surface area contributed by atoms with Gasteiger partial charge in [0.15, 0.2) is 0 Å². The average molecular weight is 335 g/mol. The molecule has 1 amide bonds. The second kappa shape index (κ2) is 6.31. The Hall–Kier alpha value is -2.69. The van der Waals surface area contributed by atoms with Crippen molar-refractivity contribution < 1.29 is 9.21 Å². The highest BCUT2D eigenvalue weighted by atomic mass is 16.3. The van der Waals surface area contributed by atoms with Crippen LogP contribution in [0.2, 0.25) is 0 Å². The zero-order chi connectivity index (χ0) is 17.4. The first kappa shape index (κ1) is 15.8. The molecule has 25 heavy (non-hydrogen) atoms. The lowest BCUT2D eigenvalue weighted by Gasteiger charge is -2.24. The highest BCUT2D eigenvalue weighted by Gasteiger charge is 2.31. The fourth-order valence-electron chi connectivity index (χ4n) is 3.62. The van der Waals surface area contributed by atoms with Crippen LogP contribution in [0.25, 0.3) is 11.0 Å². The summed E-state index contributed by atoms with van der Waals surface area (Å²) in [5.74, 6) is 0.870. The molecule has 0 radical (unpaired) electrons. The van der Waals surface area contributed by atoms with Crippen molar-refractivity contribution in [2.45, 2.75) is 39.2 Å². The molecule has 0 saturated carbocycles. The van der Waals surface area contributed by atoms with Crippen LogP contribution in [0.3, 0.4) is 0 Å². The lowest BCUT2D eigenvalue weighted by atomic mass is 10.1. The standard InChI is InChI=1S/C20H21N3O2/c1-13-5-6-16-15(12-25-19(16)10-13)11-20(24)23-9-3-4-18(23)17-7-8-21-14(2)22-17/h5-8,10,12,18H,3-4,9,11H2,1-2H3/t18-/m0/s1. The van der Waals surface area contributed by atoms with Crippen LogP contribution in [0.1, 0.15) is 41.5 Å². The number of aromatic nitrogens is 2. The number of hydrogen-bond donors (Lipinski definition) is 0. The Morgan fingerprint density at radius 1 is 1.32 bits per heavy atom. The summed E-state index contributed by atoms with van der Waals surface area (Å²) in [6, 6.07) is 8.06. The van der Waals surface area contributed by atoms with Crippen molar-refractivity contribution in [2.75, 3.05) is 6.54 Å². The lowest BCUT2D eigenvalue weighted by Crippen LogP contribution is -2.32. The number of hydrogen-bond acceptors (Lipinski definition) is 4. The molecular formula is C20H21N3O2. The van der Waals surface area contributed by atoms with Crippen LogP contribution < -0.4 is 0 Å². The summed E-state index contributed by atoms with van der Waals surface area (Å²) in [6.07, 6.45) is 5.79. The van der Waals surface area contributed by atoms with E-state index < -0.39 is 0 Å². The molecule has 0 spiro atoms. The molecule has 5 heteroatoms. The van der Waals surface area contributed by atoms with Crippen LogP contribution in [-0.2, 0) is 11.2 Å². The van der Waals surface area contributed by atoms with E-state index in [9.17, 15) is 4.79 Å². The first-order valence-corrected chi connectivity index (χ1v) is 8.67. The minimum atomic E-state index is 0.0506. The van der Waals surface area contributed by atoms with E-state index >= 15 is 0 Å². The highest BCUT2D eigenvalue weighted by Crippen LogP contribution is 2.32. The van der Waals surface area contributed by atoms with Gasteiger partial charge in [0.1, 0.15) is 11.4 Å². The third kappa shape index (κ3) is 3.02. The molecule has 0 bridgehead atoms. The van der Waals surface area contributed by atoms with Crippen molar-refractivity contribution in [3.63, 3.8) is 0 Å². The maximum absolute atomic E-state index is 12.9. The van der Waals surface area contributed by atoms with Crippen LogP contribution in [0.5, 0.6) is 0 Å². The van der Waals surface area contributed by atoms with Gasteiger partial charge in [-0.05, 0) is 44.4 Å². The molecule has 5 nitrogen and oxygen atoms in total. The van der Waals surface area contributed by atoms with E-state index in [1.165, 1.54) is 0 Å². The Bertz CT molecular complexity index is 932. The van der Waals surface area contributed by atoms with E-state index in [-0.39, 0.29) is 11.9 Å². The van der Waals surface area contributed by atoms with Gasteiger partial charge in [0.05, 0.1) is 24.4 Å². The van der Waals surface area contributed by atoms with Gasteiger partial charge < -0.3 is 9.32 Å². The number of rotatable bonds is 3. The Morgan fingerprint density at radius 3 is 3.04 bits per heavy atom. The largest absolute Gasteiger partial charge is 0.464 e. The number of benzene rings is 1. The molecule has 1 saturated heterocycles. The van der Waals surface area contributed by atoms with Gasteiger partial charge in [0, 0.05) is 23.7 Å². The summed E-state index contributed by atoms with van der Waals surface area (Å²) in [4.78, 5) is 23.6. The Morgan fingerprint density at radius 2 is 2.20 bits per heavy atom. The van der Waals surface area contributed by atoms with Crippen molar-refractivity contribution in [1.29, 1.82) is 0 Å². The van der Waals surface area contributed by atoms with Crippen LogP contribution in [0.4, 0.5) is 0 Å². The molecule has 1 aromatic carbocycles. The van der Waals surface area contributed by atoms with Crippen molar-refractivity contribution in [2.24, 2.45) is 0 Å². The van der Waals surface area contributed by atoms with Crippen molar-refractivity contribution in [3.05, 3.63) is 59.4 Å². The number of amides is 1. The molecular weight excluding hydrogens is 314 g/mol. The normalized spacial score (nSPS) is 17.4. The van der Waals surface area contributed by atoms with E-state index in [2.05, 4.69) is 9.97 Å². The first-order chi connectivity index (χ1) is 12.1. The van der Waals surface area contributed by atoms with Gasteiger partial charge in [-0.15, -0.1) is 0 Å². The van der Waals surface area contributed by atoms with Crippen molar-refractivity contribution in [1.82, 2.24) is 14.9 Å². The maximum atomic E-state index is 12.9. The molecule has 0 N–H and O–H groups in total. The zero-order valence-corrected chi connectivity index (χ0v) is 14.5. The topological polar surface area (TPSA) is 59.2 Å². The fraction of sp³-hybridized carbons (Fsp3) is 0.350. The second-order valence-electron chi connectivity index (χ2n) is 6.71. The van der Waals surface area contributed by atoms with Gasteiger partial charge in [0.25, 0.3) is 0 Å². The van der Waals surface area contributed by atoms with Crippen LogP contribution >= 0.6 is 0 Å². The Kier molecular flexibility index (Phi) is 3.99. The van der Waals surface area contributed by atoms with E-state index in [1.54, 1.807) is 12.5 Å². The molecule has 4 rings (SSSR count). The Balaban J connectivity index is 1.57. The van der Waals surface area contributed by atoms with Crippen LogP contribution in [0, 0.1) is 13.8 Å². The van der Waals surface area contributed by atoms with Gasteiger partial charge in [-0.1, -0.05) is 12.1 Å². The molecule has 3 heterocycles. The van der Waals surface area contributed by atoms with Crippen LogP contribution in [0.15, 0.2) is 41.1 Å². The van der Waals surface area contributed by atoms with Gasteiger partial charge >= 0.3 is 0 Å². The molecule has 2 aromatic heterocycles. The van der Waals surface area contributed by atoms with Crippen molar-refractivity contribution in [3.8, 4) is 0 Å². The molecule has 1 aliphatic rings. The predicted octanol–water partition coefficient (Wildman–Crippen LogP) is 3.75. The number of carbonyl (C=O) groups excluding carboxylic acids is 1. The second-order valence-corrected chi connectivity index (χ2v) is 6.71. The zero-order valence-electron chi connectivity index (χ0n) is 14.5. The van der Waals surface area contributed by atoms with Crippen LogP contribution in [-0.4, -0.2) is 27.3 Å². The fourth-order valence-corrected chi connectivity index (χ4v) is 3.62. The first-order valence-electron chi connectivity index (χ1n) is 8.67. The predicted molar refractivity (Wildman–Crippen MR) is 95.1 cm³/mol. The summed E-state index contributed by atoms with van der Waals surface area (Å²) in [6.45, 7) is 4.69. The number of aryl methyl sites for hydroxylation is 2. The minimum Gasteiger partial charge on any atom is -0.464 e. The summed E-state index contributed by atoms with van der Waals surface area (Å²) < 4.78 is 5.63.